The van der Waals surface area contributed by atoms with Gasteiger partial charge in [0.15, 0.2) is 0 Å². The first-order valence-electron chi connectivity index (χ1n) is 6.38. The third-order valence-corrected chi connectivity index (χ3v) is 2.80. The van der Waals surface area contributed by atoms with Crippen molar-refractivity contribution in [3.63, 3.8) is 0 Å². The zero-order valence-corrected chi connectivity index (χ0v) is 11.2. The molecule has 1 N–H and O–H groups in total. The van der Waals surface area contributed by atoms with Gasteiger partial charge in [-0.15, -0.1) is 0 Å². The summed E-state index contributed by atoms with van der Waals surface area (Å²) in [7, 11) is 0. The fraction of sp³-hybridized carbons (Fsp3) is 0.0588. The number of nitrogens with one attached hydrogen (secondary N) is 1. The lowest BCUT2D eigenvalue weighted by atomic mass is 10.1. The molecule has 0 unspecified atom stereocenters. The summed E-state index contributed by atoms with van der Waals surface area (Å²) in [4.78, 5) is 11.7. The van der Waals surface area contributed by atoms with E-state index in [0.717, 1.165) is 5.56 Å². The molecule has 2 aromatic rings. The van der Waals surface area contributed by atoms with Crippen molar-refractivity contribution in [3.05, 3.63) is 77.1 Å². The Bertz CT molecular complexity index is 717. The molecule has 0 aliphatic carbocycles. The standard InChI is InChI=1S/C17H13FN2O/c18-16-6-2-3-13(10-16)7-8-17(21)20-12-15-5-1-4-14(9-15)11-19/h1-10H,12H2,(H,20,21)/b8-7+. The van der Waals surface area contributed by atoms with Crippen LogP contribution in [-0.4, -0.2) is 5.91 Å². The summed E-state index contributed by atoms with van der Waals surface area (Å²) >= 11 is 0. The van der Waals surface area contributed by atoms with Crippen LogP contribution >= 0.6 is 0 Å². The van der Waals surface area contributed by atoms with Gasteiger partial charge in [0.2, 0.25) is 5.91 Å². The maximum absolute atomic E-state index is 13.0. The molecule has 4 heteroatoms. The third kappa shape index (κ3) is 4.59. The molecular formula is C17H13FN2O. The average Bonchev–Trinajstić information content (AvgIpc) is 2.51. The molecule has 0 aromatic heterocycles. The molecule has 104 valence electrons. The molecule has 21 heavy (non-hydrogen) atoms. The molecule has 1 amide bonds. The van der Waals surface area contributed by atoms with Crippen LogP contribution in [0.1, 0.15) is 16.7 Å². The van der Waals surface area contributed by atoms with Crippen LogP contribution in [0.5, 0.6) is 0 Å². The Kier molecular flexibility index (Phi) is 4.84. The monoisotopic (exact) mass is 280 g/mol. The molecule has 0 spiro atoms. The van der Waals surface area contributed by atoms with Gasteiger partial charge in [0, 0.05) is 12.6 Å². The first-order chi connectivity index (χ1) is 10.2. The fourth-order valence-electron chi connectivity index (χ4n) is 1.78. The molecule has 0 aliphatic heterocycles. The minimum absolute atomic E-state index is 0.276. The van der Waals surface area contributed by atoms with E-state index in [2.05, 4.69) is 5.32 Å². The second kappa shape index (κ2) is 7.01. The smallest absolute Gasteiger partial charge is 0.244 e. The number of carbonyl (C=O) groups is 1. The maximum Gasteiger partial charge on any atom is 0.244 e. The molecule has 0 bridgehead atoms. The van der Waals surface area contributed by atoms with Gasteiger partial charge in [-0.25, -0.2) is 4.39 Å². The predicted molar refractivity (Wildman–Crippen MR) is 78.4 cm³/mol. The molecule has 3 nitrogen and oxygen atoms in total. The van der Waals surface area contributed by atoms with Crippen molar-refractivity contribution >= 4 is 12.0 Å². The largest absolute Gasteiger partial charge is 0.348 e. The molecule has 0 saturated carbocycles. The lowest BCUT2D eigenvalue weighted by molar-refractivity contribution is -0.116. The first kappa shape index (κ1) is 14.5. The minimum Gasteiger partial charge on any atom is -0.348 e. The van der Waals surface area contributed by atoms with Crippen LogP contribution in [-0.2, 0) is 11.3 Å². The quantitative estimate of drug-likeness (QED) is 0.875. The zero-order chi connectivity index (χ0) is 15.1. The minimum atomic E-state index is -0.342. The van der Waals surface area contributed by atoms with Crippen molar-refractivity contribution in [2.45, 2.75) is 6.54 Å². The highest BCUT2D eigenvalue weighted by Crippen LogP contribution is 2.06. The number of halogens is 1. The van der Waals surface area contributed by atoms with Gasteiger partial charge in [0.1, 0.15) is 5.82 Å². The van der Waals surface area contributed by atoms with E-state index < -0.39 is 0 Å². The van der Waals surface area contributed by atoms with E-state index in [0.29, 0.717) is 17.7 Å². The lowest BCUT2D eigenvalue weighted by Gasteiger charge is -2.02. The molecule has 0 atom stereocenters. The number of hydrogen-bond donors (Lipinski definition) is 1. The summed E-state index contributed by atoms with van der Waals surface area (Å²) < 4.78 is 13.0. The second-order valence-corrected chi connectivity index (χ2v) is 4.42. The van der Waals surface area contributed by atoms with Gasteiger partial charge >= 0.3 is 0 Å². The van der Waals surface area contributed by atoms with Crippen molar-refractivity contribution in [2.75, 3.05) is 0 Å². The van der Waals surface area contributed by atoms with E-state index in [4.69, 9.17) is 5.26 Å². The predicted octanol–water partition coefficient (Wildman–Crippen LogP) is 3.03. The Labute approximate surface area is 122 Å². The van der Waals surface area contributed by atoms with Crippen LogP contribution in [0.25, 0.3) is 6.08 Å². The molecule has 0 fully saturated rings. The Morgan fingerprint density at radius 2 is 2.05 bits per heavy atom. The topological polar surface area (TPSA) is 52.9 Å². The Morgan fingerprint density at radius 1 is 1.24 bits per heavy atom. The zero-order valence-electron chi connectivity index (χ0n) is 11.2. The normalized spacial score (nSPS) is 10.3. The summed E-state index contributed by atoms with van der Waals surface area (Å²) in [5.74, 6) is -0.618. The maximum atomic E-state index is 13.0. The Morgan fingerprint density at radius 3 is 2.81 bits per heavy atom. The summed E-state index contributed by atoms with van der Waals surface area (Å²) in [5, 5.41) is 11.5. The van der Waals surface area contributed by atoms with Gasteiger partial charge in [-0.05, 0) is 41.5 Å². The summed E-state index contributed by atoms with van der Waals surface area (Å²) in [6.45, 7) is 0.335. The van der Waals surface area contributed by atoms with Crippen LogP contribution in [0.15, 0.2) is 54.6 Å². The molecule has 0 aliphatic rings. The molecule has 0 heterocycles. The number of amides is 1. The van der Waals surface area contributed by atoms with Crippen molar-refractivity contribution in [1.29, 1.82) is 5.26 Å². The van der Waals surface area contributed by atoms with Crippen LogP contribution in [0.4, 0.5) is 4.39 Å². The van der Waals surface area contributed by atoms with E-state index in [9.17, 15) is 9.18 Å². The summed E-state index contributed by atoms with van der Waals surface area (Å²) in [6.07, 6.45) is 2.90. The van der Waals surface area contributed by atoms with Crippen molar-refractivity contribution < 1.29 is 9.18 Å². The SMILES string of the molecule is N#Cc1cccc(CNC(=O)/C=C/c2cccc(F)c2)c1. The highest BCUT2D eigenvalue weighted by molar-refractivity contribution is 5.91. The number of hydrogen-bond acceptors (Lipinski definition) is 2. The molecule has 2 aromatic carbocycles. The Balaban J connectivity index is 1.91. The van der Waals surface area contributed by atoms with Crippen molar-refractivity contribution in [3.8, 4) is 6.07 Å². The van der Waals surface area contributed by atoms with Crippen LogP contribution in [0.3, 0.4) is 0 Å². The van der Waals surface area contributed by atoms with E-state index in [1.54, 1.807) is 36.4 Å². The Hall–Kier alpha value is -2.93. The summed E-state index contributed by atoms with van der Waals surface area (Å²) in [6, 6.07) is 15.1. The highest BCUT2D eigenvalue weighted by Gasteiger charge is 1.98. The van der Waals surface area contributed by atoms with Gasteiger partial charge in [0.05, 0.1) is 11.6 Å². The van der Waals surface area contributed by atoms with Gasteiger partial charge in [0.25, 0.3) is 0 Å². The summed E-state index contributed by atoms with van der Waals surface area (Å²) in [5.41, 5.74) is 2.02. The molecule has 0 saturated heterocycles. The van der Waals surface area contributed by atoms with Crippen molar-refractivity contribution in [2.24, 2.45) is 0 Å². The van der Waals surface area contributed by atoms with Crippen LogP contribution in [0.2, 0.25) is 0 Å². The first-order valence-corrected chi connectivity index (χ1v) is 6.38. The lowest BCUT2D eigenvalue weighted by Crippen LogP contribution is -2.20. The molecule has 0 radical (unpaired) electrons. The second-order valence-electron chi connectivity index (χ2n) is 4.42. The number of nitriles is 1. The van der Waals surface area contributed by atoms with Crippen molar-refractivity contribution in [1.82, 2.24) is 5.32 Å². The number of benzene rings is 2. The van der Waals surface area contributed by atoms with E-state index in [1.165, 1.54) is 18.2 Å². The van der Waals surface area contributed by atoms with E-state index >= 15 is 0 Å². The third-order valence-electron chi connectivity index (χ3n) is 2.80. The fourth-order valence-corrected chi connectivity index (χ4v) is 1.78. The van der Waals surface area contributed by atoms with Gasteiger partial charge in [-0.3, -0.25) is 4.79 Å². The van der Waals surface area contributed by atoms with Gasteiger partial charge < -0.3 is 5.32 Å². The number of carbonyl (C=O) groups excluding carboxylic acids is 1. The highest BCUT2D eigenvalue weighted by atomic mass is 19.1. The van der Waals surface area contributed by atoms with E-state index in [-0.39, 0.29) is 11.7 Å². The van der Waals surface area contributed by atoms with Gasteiger partial charge in [-0.1, -0.05) is 24.3 Å². The van der Waals surface area contributed by atoms with E-state index in [1.807, 2.05) is 12.1 Å². The molecular weight excluding hydrogens is 267 g/mol. The van der Waals surface area contributed by atoms with Crippen LogP contribution in [0, 0.1) is 17.1 Å². The number of rotatable bonds is 4. The van der Waals surface area contributed by atoms with Gasteiger partial charge in [-0.2, -0.15) is 5.26 Å². The average molecular weight is 280 g/mol. The number of nitrogens with zero attached hydrogens (tertiary/aromatic N) is 1. The molecule has 2 rings (SSSR count). The van der Waals surface area contributed by atoms with Crippen LogP contribution < -0.4 is 5.32 Å².